The fourth-order valence-electron chi connectivity index (χ4n) is 3.08. The summed E-state index contributed by atoms with van der Waals surface area (Å²) >= 11 is 0. The van der Waals surface area contributed by atoms with E-state index in [-0.39, 0.29) is 21.6 Å². The first kappa shape index (κ1) is 21.8. The number of hydrogen-bond acceptors (Lipinski definition) is 6. The van der Waals surface area contributed by atoms with Crippen molar-refractivity contribution in [1.29, 1.82) is 0 Å². The van der Waals surface area contributed by atoms with E-state index in [1.165, 1.54) is 36.4 Å². The minimum absolute atomic E-state index is 0.0382. The molecule has 0 aromatic heterocycles. The number of sulfonamides is 1. The van der Waals surface area contributed by atoms with Gasteiger partial charge in [-0.15, -0.1) is 0 Å². The van der Waals surface area contributed by atoms with Crippen molar-refractivity contribution >= 4 is 20.1 Å². The molecule has 0 bridgehead atoms. The lowest BCUT2D eigenvalue weighted by atomic mass is 10.2. The maximum atomic E-state index is 12.6. The third-order valence-electron chi connectivity index (χ3n) is 4.96. The summed E-state index contributed by atoms with van der Waals surface area (Å²) in [5, 5.41) is 0. The molecule has 7 nitrogen and oxygen atoms in total. The monoisotopic (exact) mass is 438 g/mol. The zero-order valence-corrected chi connectivity index (χ0v) is 18.3. The van der Waals surface area contributed by atoms with E-state index < -0.39 is 20.1 Å². The molecule has 0 saturated heterocycles. The summed E-state index contributed by atoms with van der Waals surface area (Å²) in [7, 11) is -3.79. The van der Waals surface area contributed by atoms with E-state index in [1.807, 2.05) is 25.9 Å². The Balaban J connectivity index is 1.68. The predicted octanol–water partition coefficient (Wildman–Crippen LogP) is 2.38. The Labute approximate surface area is 172 Å². The summed E-state index contributed by atoms with van der Waals surface area (Å²) in [6.07, 6.45) is 2.23. The molecule has 0 heterocycles. The number of nitrogens with zero attached hydrogens (tertiary/aromatic N) is 1. The lowest BCUT2D eigenvalue weighted by molar-refractivity contribution is 0.265. The van der Waals surface area contributed by atoms with Crippen molar-refractivity contribution in [3.8, 4) is 5.75 Å². The molecule has 0 radical (unpaired) electrons. The number of likely N-dealkylation sites (N-methyl/N-ethyl adjacent to an activating group) is 1. The molecule has 1 fully saturated rings. The molecule has 1 N–H and O–H groups in total. The fraction of sp³-hybridized carbons (Fsp3) is 0.400. The Morgan fingerprint density at radius 2 is 1.52 bits per heavy atom. The van der Waals surface area contributed by atoms with Gasteiger partial charge in [0, 0.05) is 12.6 Å². The maximum absolute atomic E-state index is 12.6. The van der Waals surface area contributed by atoms with Crippen LogP contribution in [-0.4, -0.2) is 48.4 Å². The second kappa shape index (κ2) is 8.43. The molecule has 1 aliphatic carbocycles. The van der Waals surface area contributed by atoms with Gasteiger partial charge in [-0.05, 0) is 76.2 Å². The Hall–Kier alpha value is -1.94. The van der Waals surface area contributed by atoms with Crippen LogP contribution in [0.1, 0.15) is 18.4 Å². The molecule has 0 unspecified atom stereocenters. The topological polar surface area (TPSA) is 92.8 Å². The van der Waals surface area contributed by atoms with E-state index in [0.717, 1.165) is 18.4 Å². The molecule has 0 aliphatic heterocycles. The molecule has 158 valence electrons. The van der Waals surface area contributed by atoms with Crippen molar-refractivity contribution in [3.63, 3.8) is 0 Å². The third kappa shape index (κ3) is 5.57. The van der Waals surface area contributed by atoms with Gasteiger partial charge >= 0.3 is 10.1 Å². The van der Waals surface area contributed by atoms with Gasteiger partial charge in [-0.1, -0.05) is 17.7 Å². The van der Waals surface area contributed by atoms with Crippen LogP contribution < -0.4 is 8.91 Å². The molecule has 9 heteroatoms. The number of benzene rings is 2. The van der Waals surface area contributed by atoms with Crippen LogP contribution in [0.5, 0.6) is 5.75 Å². The Morgan fingerprint density at radius 1 is 0.966 bits per heavy atom. The highest BCUT2D eigenvalue weighted by atomic mass is 32.2. The minimum atomic E-state index is -3.98. The maximum Gasteiger partial charge on any atom is 0.339 e. The first-order valence-electron chi connectivity index (χ1n) is 9.36. The van der Waals surface area contributed by atoms with Crippen molar-refractivity contribution < 1.29 is 21.0 Å². The van der Waals surface area contributed by atoms with Crippen LogP contribution in [0.25, 0.3) is 0 Å². The smallest absolute Gasteiger partial charge is 0.339 e. The predicted molar refractivity (Wildman–Crippen MR) is 111 cm³/mol. The van der Waals surface area contributed by atoms with E-state index in [9.17, 15) is 16.8 Å². The molecule has 1 aliphatic rings. The van der Waals surface area contributed by atoms with Crippen LogP contribution in [0.4, 0.5) is 0 Å². The van der Waals surface area contributed by atoms with Crippen molar-refractivity contribution in [2.75, 3.05) is 20.6 Å². The molecular weight excluding hydrogens is 412 g/mol. The fourth-order valence-corrected chi connectivity index (χ4v) is 5.07. The van der Waals surface area contributed by atoms with Gasteiger partial charge in [0.2, 0.25) is 10.0 Å². The highest BCUT2D eigenvalue weighted by molar-refractivity contribution is 7.89. The van der Waals surface area contributed by atoms with Gasteiger partial charge in [0.15, 0.2) is 0 Å². The van der Waals surface area contributed by atoms with Crippen molar-refractivity contribution in [2.24, 2.45) is 5.92 Å². The SMILES string of the molecule is Cc1ccc(S(=O)(=O)Oc2ccc(S(=O)(=O)NC[C@H](C3CC3)N(C)C)cc2)cc1. The van der Waals surface area contributed by atoms with Gasteiger partial charge in [0.25, 0.3) is 0 Å². The second-order valence-electron chi connectivity index (χ2n) is 7.54. The van der Waals surface area contributed by atoms with Gasteiger partial charge in [-0.3, -0.25) is 0 Å². The van der Waals surface area contributed by atoms with Gasteiger partial charge in [0.05, 0.1) is 4.90 Å². The van der Waals surface area contributed by atoms with Gasteiger partial charge < -0.3 is 9.08 Å². The summed E-state index contributed by atoms with van der Waals surface area (Å²) in [5.41, 5.74) is 0.934. The molecule has 3 rings (SSSR count). The highest BCUT2D eigenvalue weighted by Crippen LogP contribution is 2.34. The van der Waals surface area contributed by atoms with E-state index in [1.54, 1.807) is 12.1 Å². The van der Waals surface area contributed by atoms with E-state index in [0.29, 0.717) is 12.5 Å². The van der Waals surface area contributed by atoms with Crippen LogP contribution in [-0.2, 0) is 20.1 Å². The number of hydrogen-bond donors (Lipinski definition) is 1. The molecule has 1 saturated carbocycles. The molecular formula is C20H26N2O5S2. The van der Waals surface area contributed by atoms with Crippen molar-refractivity contribution in [2.45, 2.75) is 35.6 Å². The van der Waals surface area contributed by atoms with E-state index in [2.05, 4.69) is 4.72 Å². The van der Waals surface area contributed by atoms with Crippen LogP contribution >= 0.6 is 0 Å². The molecule has 1 atom stereocenters. The standard InChI is InChI=1S/C20H26N2O5S2/c1-15-4-10-19(11-5-15)29(25,26)27-17-8-12-18(13-9-17)28(23,24)21-14-20(22(2)3)16-6-7-16/h4-5,8-13,16,20-21H,6-7,14H2,1-3H3/t20-/m1/s1. The lowest BCUT2D eigenvalue weighted by Crippen LogP contribution is -2.41. The second-order valence-corrected chi connectivity index (χ2v) is 10.9. The number of aryl methyl sites for hydroxylation is 1. The molecule has 0 spiro atoms. The van der Waals surface area contributed by atoms with Gasteiger partial charge in [0.1, 0.15) is 10.6 Å². The average Bonchev–Trinajstić information content (AvgIpc) is 3.47. The quantitative estimate of drug-likeness (QED) is 0.605. The number of rotatable bonds is 9. The Morgan fingerprint density at radius 3 is 2.03 bits per heavy atom. The molecule has 0 amide bonds. The first-order valence-corrected chi connectivity index (χ1v) is 12.2. The van der Waals surface area contributed by atoms with E-state index in [4.69, 9.17) is 4.18 Å². The molecule has 2 aromatic rings. The lowest BCUT2D eigenvalue weighted by Gasteiger charge is -2.24. The summed E-state index contributed by atoms with van der Waals surface area (Å²) in [5.74, 6) is 0.573. The normalized spacial score (nSPS) is 16.0. The summed E-state index contributed by atoms with van der Waals surface area (Å²) in [4.78, 5) is 2.13. The molecule has 29 heavy (non-hydrogen) atoms. The third-order valence-corrected chi connectivity index (χ3v) is 7.66. The summed E-state index contributed by atoms with van der Waals surface area (Å²) in [6.45, 7) is 2.19. The summed E-state index contributed by atoms with van der Waals surface area (Å²) < 4.78 is 57.6. The number of nitrogens with one attached hydrogen (secondary N) is 1. The Bertz CT molecular complexity index is 1040. The largest absolute Gasteiger partial charge is 0.379 e. The van der Waals surface area contributed by atoms with Crippen molar-refractivity contribution in [1.82, 2.24) is 9.62 Å². The Kier molecular flexibility index (Phi) is 6.33. The van der Waals surface area contributed by atoms with Crippen LogP contribution in [0.3, 0.4) is 0 Å². The zero-order chi connectivity index (χ0) is 21.2. The van der Waals surface area contributed by atoms with E-state index >= 15 is 0 Å². The minimum Gasteiger partial charge on any atom is -0.379 e. The van der Waals surface area contributed by atoms with Crippen LogP contribution in [0.15, 0.2) is 58.3 Å². The first-order chi connectivity index (χ1) is 13.6. The van der Waals surface area contributed by atoms with Gasteiger partial charge in [-0.25, -0.2) is 13.1 Å². The van der Waals surface area contributed by atoms with Crippen molar-refractivity contribution in [3.05, 3.63) is 54.1 Å². The summed E-state index contributed by atoms with van der Waals surface area (Å²) in [6, 6.07) is 11.8. The highest BCUT2D eigenvalue weighted by Gasteiger charge is 2.33. The van der Waals surface area contributed by atoms with Gasteiger partial charge in [-0.2, -0.15) is 8.42 Å². The van der Waals surface area contributed by atoms with Crippen LogP contribution in [0, 0.1) is 12.8 Å². The zero-order valence-electron chi connectivity index (χ0n) is 16.7. The average molecular weight is 439 g/mol. The molecule has 2 aromatic carbocycles. The van der Waals surface area contributed by atoms with Crippen LogP contribution in [0.2, 0.25) is 0 Å².